The third kappa shape index (κ3) is 4.43. The predicted octanol–water partition coefficient (Wildman–Crippen LogP) is 0.744. The molecule has 0 aliphatic carbocycles. The topological polar surface area (TPSA) is 53.6 Å². The number of methoxy groups -OCH3 is 1. The van der Waals surface area contributed by atoms with Crippen molar-refractivity contribution in [2.45, 2.75) is 57.2 Å². The fourth-order valence-electron chi connectivity index (χ4n) is 3.51. The van der Waals surface area contributed by atoms with Gasteiger partial charge in [-0.05, 0) is 45.7 Å². The van der Waals surface area contributed by atoms with E-state index in [2.05, 4.69) is 15.5 Å². The molecule has 0 aromatic rings. The van der Waals surface area contributed by atoms with Crippen LogP contribution in [0, 0.1) is 0 Å². The van der Waals surface area contributed by atoms with E-state index in [1.54, 1.807) is 7.11 Å². The van der Waals surface area contributed by atoms with E-state index >= 15 is 0 Å². The fourth-order valence-corrected chi connectivity index (χ4v) is 3.51. The normalized spacial score (nSPS) is 29.3. The van der Waals surface area contributed by atoms with E-state index in [9.17, 15) is 4.79 Å². The van der Waals surface area contributed by atoms with Gasteiger partial charge in [0.25, 0.3) is 0 Å². The van der Waals surface area contributed by atoms with Crippen LogP contribution in [0.25, 0.3) is 0 Å². The standard InChI is InChI=1S/C15H29N3O2/c1-12(11-20-2)17-15(19)10-18-9-4-3-7-14(18)13-6-5-8-16-13/h12-14,16H,3-11H2,1-2H3,(H,17,19). The number of carbonyl (C=O) groups is 1. The summed E-state index contributed by atoms with van der Waals surface area (Å²) in [5, 5.41) is 6.61. The number of hydrogen-bond donors (Lipinski definition) is 2. The van der Waals surface area contributed by atoms with Crippen molar-refractivity contribution in [3.05, 3.63) is 0 Å². The first-order chi connectivity index (χ1) is 9.70. The zero-order valence-corrected chi connectivity index (χ0v) is 12.9. The van der Waals surface area contributed by atoms with Crippen molar-refractivity contribution < 1.29 is 9.53 Å². The quantitative estimate of drug-likeness (QED) is 0.755. The molecule has 0 spiro atoms. The van der Waals surface area contributed by atoms with Crippen molar-refractivity contribution in [2.75, 3.05) is 33.4 Å². The molecular formula is C15H29N3O2. The van der Waals surface area contributed by atoms with Gasteiger partial charge in [-0.1, -0.05) is 6.42 Å². The summed E-state index contributed by atoms with van der Waals surface area (Å²) in [6, 6.07) is 1.20. The van der Waals surface area contributed by atoms with Gasteiger partial charge >= 0.3 is 0 Å². The molecule has 2 aliphatic heterocycles. The molecule has 2 saturated heterocycles. The molecule has 2 fully saturated rings. The molecule has 2 heterocycles. The molecule has 1 amide bonds. The van der Waals surface area contributed by atoms with Gasteiger partial charge in [0.1, 0.15) is 0 Å². The van der Waals surface area contributed by atoms with Gasteiger partial charge in [-0.15, -0.1) is 0 Å². The first kappa shape index (κ1) is 15.7. The van der Waals surface area contributed by atoms with Gasteiger partial charge in [0, 0.05) is 25.2 Å². The summed E-state index contributed by atoms with van der Waals surface area (Å²) in [6.45, 7) is 5.25. The van der Waals surface area contributed by atoms with Gasteiger partial charge in [0.05, 0.1) is 13.2 Å². The number of ether oxygens (including phenoxy) is 1. The molecule has 5 heteroatoms. The fraction of sp³-hybridized carbons (Fsp3) is 0.933. The van der Waals surface area contributed by atoms with Crippen molar-refractivity contribution in [1.29, 1.82) is 0 Å². The molecule has 0 aromatic heterocycles. The summed E-state index contributed by atoms with van der Waals surface area (Å²) < 4.78 is 5.06. The number of nitrogens with zero attached hydrogens (tertiary/aromatic N) is 1. The van der Waals surface area contributed by atoms with Gasteiger partial charge in [0.2, 0.25) is 5.91 Å². The molecule has 116 valence electrons. The van der Waals surface area contributed by atoms with Crippen molar-refractivity contribution in [3.8, 4) is 0 Å². The monoisotopic (exact) mass is 283 g/mol. The summed E-state index contributed by atoms with van der Waals surface area (Å²) >= 11 is 0. The molecule has 0 aromatic carbocycles. The Hall–Kier alpha value is -0.650. The Morgan fingerprint density at radius 3 is 2.95 bits per heavy atom. The lowest BCUT2D eigenvalue weighted by Gasteiger charge is -2.39. The molecule has 2 rings (SSSR count). The van der Waals surface area contributed by atoms with Crippen LogP contribution in [0.15, 0.2) is 0 Å². The van der Waals surface area contributed by atoms with E-state index in [0.29, 0.717) is 25.2 Å². The van der Waals surface area contributed by atoms with Gasteiger partial charge < -0.3 is 15.4 Å². The van der Waals surface area contributed by atoms with Crippen LogP contribution in [0.5, 0.6) is 0 Å². The maximum Gasteiger partial charge on any atom is 0.234 e. The minimum atomic E-state index is 0.0837. The van der Waals surface area contributed by atoms with E-state index in [1.807, 2.05) is 6.92 Å². The maximum atomic E-state index is 12.1. The molecule has 3 unspecified atom stereocenters. The van der Waals surface area contributed by atoms with Crippen molar-refractivity contribution >= 4 is 5.91 Å². The minimum Gasteiger partial charge on any atom is -0.383 e. The summed E-state index contributed by atoms with van der Waals surface area (Å²) in [7, 11) is 1.66. The zero-order chi connectivity index (χ0) is 14.4. The Bertz CT molecular complexity index is 305. The first-order valence-electron chi connectivity index (χ1n) is 7.96. The van der Waals surface area contributed by atoms with Crippen LogP contribution in [0.2, 0.25) is 0 Å². The Labute approximate surface area is 122 Å². The van der Waals surface area contributed by atoms with Crippen LogP contribution < -0.4 is 10.6 Å². The van der Waals surface area contributed by atoms with Crippen LogP contribution >= 0.6 is 0 Å². The second-order valence-electron chi connectivity index (χ2n) is 6.16. The lowest BCUT2D eigenvalue weighted by atomic mass is 9.94. The smallest absolute Gasteiger partial charge is 0.234 e. The van der Waals surface area contributed by atoms with Gasteiger partial charge in [-0.3, -0.25) is 9.69 Å². The van der Waals surface area contributed by atoms with Crippen molar-refractivity contribution in [3.63, 3.8) is 0 Å². The van der Waals surface area contributed by atoms with E-state index in [1.165, 1.54) is 32.1 Å². The third-order valence-corrected chi connectivity index (χ3v) is 4.40. The van der Waals surface area contributed by atoms with Crippen LogP contribution in [0.3, 0.4) is 0 Å². The Morgan fingerprint density at radius 1 is 1.40 bits per heavy atom. The molecule has 0 radical (unpaired) electrons. The largest absolute Gasteiger partial charge is 0.383 e. The number of amides is 1. The Balaban J connectivity index is 1.83. The Morgan fingerprint density at radius 2 is 2.25 bits per heavy atom. The van der Waals surface area contributed by atoms with Gasteiger partial charge in [0.15, 0.2) is 0 Å². The highest BCUT2D eigenvalue weighted by Crippen LogP contribution is 2.23. The molecular weight excluding hydrogens is 254 g/mol. The molecule has 5 nitrogen and oxygen atoms in total. The zero-order valence-electron chi connectivity index (χ0n) is 12.9. The molecule has 20 heavy (non-hydrogen) atoms. The molecule has 0 bridgehead atoms. The summed E-state index contributed by atoms with van der Waals surface area (Å²) in [5.74, 6) is 0.124. The van der Waals surface area contributed by atoms with Crippen LogP contribution in [-0.4, -0.2) is 62.3 Å². The highest BCUT2D eigenvalue weighted by molar-refractivity contribution is 5.78. The van der Waals surface area contributed by atoms with Gasteiger partial charge in [-0.25, -0.2) is 0 Å². The number of piperidine rings is 1. The van der Waals surface area contributed by atoms with Gasteiger partial charge in [-0.2, -0.15) is 0 Å². The van der Waals surface area contributed by atoms with E-state index in [0.717, 1.165) is 13.1 Å². The average molecular weight is 283 g/mol. The van der Waals surface area contributed by atoms with Crippen LogP contribution in [0.4, 0.5) is 0 Å². The molecule has 2 N–H and O–H groups in total. The number of carbonyl (C=O) groups excluding carboxylic acids is 1. The highest BCUT2D eigenvalue weighted by atomic mass is 16.5. The predicted molar refractivity (Wildman–Crippen MR) is 79.7 cm³/mol. The number of likely N-dealkylation sites (tertiary alicyclic amines) is 1. The lowest BCUT2D eigenvalue weighted by molar-refractivity contribution is -0.124. The highest BCUT2D eigenvalue weighted by Gasteiger charge is 2.32. The molecule has 2 aliphatic rings. The number of hydrogen-bond acceptors (Lipinski definition) is 4. The second-order valence-corrected chi connectivity index (χ2v) is 6.16. The SMILES string of the molecule is COCC(C)NC(=O)CN1CCCCC1C1CCCN1. The van der Waals surface area contributed by atoms with Crippen LogP contribution in [0.1, 0.15) is 39.0 Å². The summed E-state index contributed by atoms with van der Waals surface area (Å²) in [6.07, 6.45) is 6.25. The maximum absolute atomic E-state index is 12.1. The van der Waals surface area contributed by atoms with Crippen molar-refractivity contribution in [1.82, 2.24) is 15.5 Å². The lowest BCUT2D eigenvalue weighted by Crippen LogP contribution is -2.53. The first-order valence-corrected chi connectivity index (χ1v) is 7.96. The third-order valence-electron chi connectivity index (χ3n) is 4.40. The van der Waals surface area contributed by atoms with Crippen molar-refractivity contribution in [2.24, 2.45) is 0 Å². The summed E-state index contributed by atoms with van der Waals surface area (Å²) in [4.78, 5) is 14.5. The second kappa shape index (κ2) is 7.96. The number of nitrogens with one attached hydrogen (secondary N) is 2. The van der Waals surface area contributed by atoms with E-state index in [-0.39, 0.29) is 11.9 Å². The minimum absolute atomic E-state index is 0.0837. The average Bonchev–Trinajstić information content (AvgIpc) is 2.93. The van der Waals surface area contributed by atoms with E-state index < -0.39 is 0 Å². The molecule has 0 saturated carbocycles. The van der Waals surface area contributed by atoms with E-state index in [4.69, 9.17) is 4.74 Å². The summed E-state index contributed by atoms with van der Waals surface area (Å²) in [5.41, 5.74) is 0. The Kier molecular flexibility index (Phi) is 6.26. The molecule has 3 atom stereocenters. The van der Waals surface area contributed by atoms with Crippen LogP contribution in [-0.2, 0) is 9.53 Å². The number of rotatable bonds is 6.